The number of amides is 2. The monoisotopic (exact) mass is 509 g/mol. The lowest BCUT2D eigenvalue weighted by Gasteiger charge is -2.14. The number of aromatic nitrogens is 1. The number of hydrogen-bond donors (Lipinski definition) is 2. The molecule has 0 radical (unpaired) electrons. The van der Waals surface area contributed by atoms with Crippen LogP contribution in [-0.2, 0) is 4.79 Å². The summed E-state index contributed by atoms with van der Waals surface area (Å²) >= 11 is 2.65. The summed E-state index contributed by atoms with van der Waals surface area (Å²) in [7, 11) is 0. The van der Waals surface area contributed by atoms with Gasteiger partial charge in [-0.05, 0) is 61.0 Å². The molecule has 178 valence electrons. The van der Waals surface area contributed by atoms with Gasteiger partial charge < -0.3 is 10.6 Å². The van der Waals surface area contributed by atoms with Gasteiger partial charge in [0.1, 0.15) is 11.6 Å². The molecule has 0 aliphatic heterocycles. The van der Waals surface area contributed by atoms with Crippen LogP contribution in [0.15, 0.2) is 83.1 Å². The Labute approximate surface area is 209 Å². The molecule has 1 atom stereocenters. The van der Waals surface area contributed by atoms with Crippen molar-refractivity contribution in [2.45, 2.75) is 23.5 Å². The Kier molecular flexibility index (Phi) is 7.89. The molecule has 4 aromatic rings. The first kappa shape index (κ1) is 24.6. The van der Waals surface area contributed by atoms with Crippen molar-refractivity contribution in [1.29, 1.82) is 0 Å². The van der Waals surface area contributed by atoms with E-state index in [0.29, 0.717) is 22.9 Å². The van der Waals surface area contributed by atoms with Gasteiger partial charge in [-0.2, -0.15) is 0 Å². The predicted molar refractivity (Wildman–Crippen MR) is 137 cm³/mol. The first-order valence-electron chi connectivity index (χ1n) is 10.8. The molecule has 1 aromatic heterocycles. The van der Waals surface area contributed by atoms with E-state index in [1.165, 1.54) is 53.4 Å². The molecule has 0 aliphatic carbocycles. The molecular weight excluding hydrogens is 488 g/mol. The van der Waals surface area contributed by atoms with Crippen molar-refractivity contribution in [2.75, 3.05) is 10.6 Å². The summed E-state index contributed by atoms with van der Waals surface area (Å²) in [5, 5.41) is 7.41. The Bertz CT molecular complexity index is 1340. The Balaban J connectivity index is 1.40. The zero-order valence-electron chi connectivity index (χ0n) is 18.6. The normalized spacial score (nSPS) is 11.6. The van der Waals surface area contributed by atoms with Crippen molar-refractivity contribution >= 4 is 45.7 Å². The van der Waals surface area contributed by atoms with E-state index in [1.54, 1.807) is 41.8 Å². The molecule has 1 heterocycles. The van der Waals surface area contributed by atoms with E-state index >= 15 is 0 Å². The van der Waals surface area contributed by atoms with Crippen LogP contribution in [0, 0.1) is 11.6 Å². The minimum absolute atomic E-state index is 0.0418. The van der Waals surface area contributed by atoms with Crippen LogP contribution in [0.4, 0.5) is 19.6 Å². The fourth-order valence-electron chi connectivity index (χ4n) is 3.25. The molecule has 0 bridgehead atoms. The van der Waals surface area contributed by atoms with E-state index in [2.05, 4.69) is 15.6 Å². The smallest absolute Gasteiger partial charge is 0.258 e. The number of carbonyl (C=O) groups is 2. The highest BCUT2D eigenvalue weighted by Crippen LogP contribution is 2.30. The van der Waals surface area contributed by atoms with Crippen LogP contribution in [0.1, 0.15) is 23.7 Å². The molecule has 0 fully saturated rings. The molecule has 2 amide bonds. The summed E-state index contributed by atoms with van der Waals surface area (Å²) < 4.78 is 27.0. The zero-order chi connectivity index (χ0) is 24.8. The van der Waals surface area contributed by atoms with E-state index in [-0.39, 0.29) is 17.3 Å². The second kappa shape index (κ2) is 11.2. The van der Waals surface area contributed by atoms with E-state index in [0.717, 1.165) is 10.5 Å². The molecule has 5 nitrogen and oxygen atoms in total. The second-order valence-electron chi connectivity index (χ2n) is 7.51. The minimum atomic E-state index is -0.594. The molecule has 2 N–H and O–H groups in total. The maximum absolute atomic E-state index is 13.9. The number of benzene rings is 3. The zero-order valence-corrected chi connectivity index (χ0v) is 20.3. The van der Waals surface area contributed by atoms with Crippen molar-refractivity contribution in [3.05, 3.63) is 95.4 Å². The van der Waals surface area contributed by atoms with E-state index in [4.69, 9.17) is 0 Å². The molecule has 3 aromatic carbocycles. The summed E-state index contributed by atoms with van der Waals surface area (Å²) in [4.78, 5) is 30.5. The van der Waals surface area contributed by atoms with Crippen molar-refractivity contribution in [3.8, 4) is 11.3 Å². The molecule has 0 aliphatic rings. The van der Waals surface area contributed by atoms with Gasteiger partial charge in [0.2, 0.25) is 5.91 Å². The Morgan fingerprint density at radius 2 is 1.77 bits per heavy atom. The third-order valence-electron chi connectivity index (χ3n) is 5.03. The van der Waals surface area contributed by atoms with Gasteiger partial charge in [0.05, 0.1) is 16.5 Å². The topological polar surface area (TPSA) is 71.1 Å². The van der Waals surface area contributed by atoms with Crippen LogP contribution in [0.25, 0.3) is 11.3 Å². The highest BCUT2D eigenvalue weighted by atomic mass is 32.2. The van der Waals surface area contributed by atoms with Crippen LogP contribution in [0.3, 0.4) is 0 Å². The van der Waals surface area contributed by atoms with Gasteiger partial charge in [0, 0.05) is 21.5 Å². The number of thioether (sulfide) groups is 1. The Hall–Kier alpha value is -3.56. The van der Waals surface area contributed by atoms with Crippen LogP contribution in [0.5, 0.6) is 0 Å². The summed E-state index contributed by atoms with van der Waals surface area (Å²) in [5.41, 5.74) is 1.88. The Morgan fingerprint density at radius 1 is 1.00 bits per heavy atom. The van der Waals surface area contributed by atoms with Crippen LogP contribution in [0.2, 0.25) is 0 Å². The fraction of sp³-hybridized carbons (Fsp3) is 0.115. The van der Waals surface area contributed by atoms with Gasteiger partial charge in [0.25, 0.3) is 5.91 Å². The number of anilines is 2. The SMILES string of the molecule is CCC(Sc1cccc(NC(=O)c2ccccc2F)c1)C(=O)Nc1nc(-c2ccc(F)cc2)cs1. The highest BCUT2D eigenvalue weighted by Gasteiger charge is 2.20. The third-order valence-corrected chi connectivity index (χ3v) is 7.14. The first-order valence-corrected chi connectivity index (χ1v) is 12.5. The second-order valence-corrected chi connectivity index (χ2v) is 9.64. The van der Waals surface area contributed by atoms with Crippen LogP contribution in [-0.4, -0.2) is 22.0 Å². The van der Waals surface area contributed by atoms with Crippen molar-refractivity contribution in [1.82, 2.24) is 4.98 Å². The van der Waals surface area contributed by atoms with E-state index < -0.39 is 17.0 Å². The number of carbonyl (C=O) groups excluding carboxylic acids is 2. The minimum Gasteiger partial charge on any atom is -0.322 e. The summed E-state index contributed by atoms with van der Waals surface area (Å²) in [6, 6.07) is 18.8. The largest absolute Gasteiger partial charge is 0.322 e. The lowest BCUT2D eigenvalue weighted by molar-refractivity contribution is -0.115. The number of halogens is 2. The van der Waals surface area contributed by atoms with Crippen molar-refractivity contribution in [2.24, 2.45) is 0 Å². The van der Waals surface area contributed by atoms with Crippen LogP contribution < -0.4 is 10.6 Å². The molecule has 0 spiro atoms. The lowest BCUT2D eigenvalue weighted by atomic mass is 10.2. The molecule has 1 unspecified atom stereocenters. The lowest BCUT2D eigenvalue weighted by Crippen LogP contribution is -2.24. The van der Waals surface area contributed by atoms with Crippen molar-refractivity contribution in [3.63, 3.8) is 0 Å². The Morgan fingerprint density at radius 3 is 2.51 bits per heavy atom. The summed E-state index contributed by atoms with van der Waals surface area (Å²) in [5.74, 6) is -1.66. The maximum Gasteiger partial charge on any atom is 0.258 e. The highest BCUT2D eigenvalue weighted by molar-refractivity contribution is 8.00. The average molecular weight is 510 g/mol. The number of thiazole rings is 1. The van der Waals surface area contributed by atoms with Gasteiger partial charge in [-0.1, -0.05) is 25.1 Å². The van der Waals surface area contributed by atoms with Crippen LogP contribution >= 0.6 is 23.1 Å². The average Bonchev–Trinajstić information content (AvgIpc) is 3.31. The molecule has 9 heteroatoms. The fourth-order valence-corrected chi connectivity index (χ4v) is 4.98. The standard InChI is InChI=1S/C26H21F2N3O2S2/c1-2-23(25(33)31-26-30-22(15-34-26)16-10-12-17(27)13-11-16)35-19-7-5-6-18(14-19)29-24(32)20-8-3-4-9-21(20)28/h3-15,23H,2H2,1H3,(H,29,32)(H,30,31,33). The number of hydrogen-bond acceptors (Lipinski definition) is 5. The van der Waals surface area contributed by atoms with Crippen molar-refractivity contribution < 1.29 is 18.4 Å². The predicted octanol–water partition coefficient (Wildman–Crippen LogP) is 6.85. The molecule has 0 saturated heterocycles. The number of nitrogens with zero attached hydrogens (tertiary/aromatic N) is 1. The van der Waals surface area contributed by atoms with E-state index in [9.17, 15) is 18.4 Å². The van der Waals surface area contributed by atoms with Gasteiger partial charge in [-0.15, -0.1) is 23.1 Å². The van der Waals surface area contributed by atoms with E-state index in [1.807, 2.05) is 13.0 Å². The first-order chi connectivity index (χ1) is 16.9. The van der Waals surface area contributed by atoms with Gasteiger partial charge >= 0.3 is 0 Å². The van der Waals surface area contributed by atoms with Gasteiger partial charge in [-0.3, -0.25) is 9.59 Å². The summed E-state index contributed by atoms with van der Waals surface area (Å²) in [6.45, 7) is 1.91. The van der Waals surface area contributed by atoms with Gasteiger partial charge in [0.15, 0.2) is 5.13 Å². The molecule has 35 heavy (non-hydrogen) atoms. The molecule has 4 rings (SSSR count). The molecular formula is C26H21F2N3O2S2. The maximum atomic E-state index is 13.9. The number of nitrogens with one attached hydrogen (secondary N) is 2. The number of rotatable bonds is 8. The quantitative estimate of drug-likeness (QED) is 0.255. The van der Waals surface area contributed by atoms with Gasteiger partial charge in [-0.25, -0.2) is 13.8 Å². The molecule has 0 saturated carbocycles. The third kappa shape index (κ3) is 6.32. The summed E-state index contributed by atoms with van der Waals surface area (Å²) in [6.07, 6.45) is 0.568.